The van der Waals surface area contributed by atoms with Gasteiger partial charge < -0.3 is 0 Å². The first kappa shape index (κ1) is 14.6. The van der Waals surface area contributed by atoms with Crippen molar-refractivity contribution < 1.29 is 8.42 Å². The van der Waals surface area contributed by atoms with E-state index in [9.17, 15) is 8.42 Å². The summed E-state index contributed by atoms with van der Waals surface area (Å²) in [7, 11) is -3.48. The maximum absolute atomic E-state index is 12.8. The summed E-state index contributed by atoms with van der Waals surface area (Å²) in [5.41, 5.74) is 1.05. The minimum absolute atomic E-state index is 0.0770. The Hall–Kier alpha value is -1.36. The summed E-state index contributed by atoms with van der Waals surface area (Å²) in [6, 6.07) is 16.1. The van der Waals surface area contributed by atoms with E-state index in [-0.39, 0.29) is 6.04 Å². The van der Waals surface area contributed by atoms with Gasteiger partial charge >= 0.3 is 0 Å². The zero-order chi connectivity index (χ0) is 14.9. The van der Waals surface area contributed by atoms with Crippen LogP contribution < -0.4 is 0 Å². The lowest BCUT2D eigenvalue weighted by Crippen LogP contribution is -2.30. The number of benzene rings is 2. The molecule has 21 heavy (non-hydrogen) atoms. The van der Waals surface area contributed by atoms with E-state index in [4.69, 9.17) is 11.6 Å². The highest BCUT2D eigenvalue weighted by molar-refractivity contribution is 7.89. The van der Waals surface area contributed by atoms with Crippen LogP contribution in [-0.2, 0) is 10.0 Å². The van der Waals surface area contributed by atoms with Crippen molar-refractivity contribution in [3.8, 4) is 0 Å². The molecule has 2 aromatic carbocycles. The molecule has 1 atom stereocenters. The van der Waals surface area contributed by atoms with Crippen LogP contribution in [0.1, 0.15) is 24.4 Å². The molecule has 0 saturated carbocycles. The monoisotopic (exact) mass is 321 g/mol. The maximum Gasteiger partial charge on any atom is 0.243 e. The van der Waals surface area contributed by atoms with E-state index < -0.39 is 10.0 Å². The van der Waals surface area contributed by atoms with Crippen LogP contribution in [0.2, 0.25) is 5.02 Å². The zero-order valence-corrected chi connectivity index (χ0v) is 13.0. The Kier molecular flexibility index (Phi) is 4.02. The summed E-state index contributed by atoms with van der Waals surface area (Å²) in [6.07, 6.45) is 1.74. The number of hydrogen-bond donors (Lipinski definition) is 0. The van der Waals surface area contributed by atoms with Gasteiger partial charge in [0.05, 0.1) is 10.9 Å². The first-order chi connectivity index (χ1) is 10.1. The molecule has 1 fully saturated rings. The molecule has 0 aliphatic carbocycles. The number of sulfonamides is 1. The molecule has 1 aliphatic heterocycles. The van der Waals surface area contributed by atoms with Crippen molar-refractivity contribution in [3.05, 3.63) is 65.2 Å². The SMILES string of the molecule is O=S(=O)(c1ccc(Cl)cc1)N1CCC[C@H]1c1ccccc1. The highest BCUT2D eigenvalue weighted by atomic mass is 35.5. The third kappa shape index (κ3) is 2.84. The number of halogens is 1. The van der Waals surface area contributed by atoms with Gasteiger partial charge in [0.1, 0.15) is 0 Å². The minimum Gasteiger partial charge on any atom is -0.207 e. The molecule has 0 spiro atoms. The van der Waals surface area contributed by atoms with Crippen LogP contribution in [0.25, 0.3) is 0 Å². The Balaban J connectivity index is 1.96. The lowest BCUT2D eigenvalue weighted by molar-refractivity contribution is 0.396. The van der Waals surface area contributed by atoms with Gasteiger partial charge in [-0.15, -0.1) is 0 Å². The van der Waals surface area contributed by atoms with Gasteiger partial charge in [-0.2, -0.15) is 4.31 Å². The summed E-state index contributed by atoms with van der Waals surface area (Å²) in [4.78, 5) is 0.301. The molecule has 1 saturated heterocycles. The number of hydrogen-bond acceptors (Lipinski definition) is 2. The first-order valence-corrected chi connectivity index (χ1v) is 8.73. The molecule has 5 heteroatoms. The van der Waals surface area contributed by atoms with E-state index in [2.05, 4.69) is 0 Å². The van der Waals surface area contributed by atoms with Gasteiger partial charge in [0.2, 0.25) is 10.0 Å². The molecule has 0 unspecified atom stereocenters. The summed E-state index contributed by atoms with van der Waals surface area (Å²) in [5.74, 6) is 0. The lowest BCUT2D eigenvalue weighted by atomic mass is 10.1. The van der Waals surface area contributed by atoms with Gasteiger partial charge in [0.15, 0.2) is 0 Å². The van der Waals surface area contributed by atoms with Gasteiger partial charge in [-0.3, -0.25) is 0 Å². The summed E-state index contributed by atoms with van der Waals surface area (Å²) >= 11 is 5.84. The second-order valence-corrected chi connectivity index (χ2v) is 7.47. The second-order valence-electron chi connectivity index (χ2n) is 5.14. The van der Waals surface area contributed by atoms with Crippen LogP contribution in [0.4, 0.5) is 0 Å². The molecular formula is C16H16ClNO2S. The van der Waals surface area contributed by atoms with Crippen molar-refractivity contribution in [1.29, 1.82) is 0 Å². The van der Waals surface area contributed by atoms with Crippen molar-refractivity contribution in [2.45, 2.75) is 23.8 Å². The average molecular weight is 322 g/mol. The largest absolute Gasteiger partial charge is 0.243 e. The minimum atomic E-state index is -3.48. The standard InChI is InChI=1S/C16H16ClNO2S/c17-14-8-10-15(11-9-14)21(19,20)18-12-4-7-16(18)13-5-2-1-3-6-13/h1-3,5-6,8-11,16H,4,7,12H2/t16-/m0/s1. The zero-order valence-electron chi connectivity index (χ0n) is 11.4. The van der Waals surface area contributed by atoms with Crippen LogP contribution in [0, 0.1) is 0 Å². The number of nitrogens with zero attached hydrogens (tertiary/aromatic N) is 1. The van der Waals surface area contributed by atoms with Gasteiger partial charge in [-0.05, 0) is 42.7 Å². The number of rotatable bonds is 3. The molecule has 3 rings (SSSR count). The fourth-order valence-corrected chi connectivity index (χ4v) is 4.59. The summed E-state index contributed by atoms with van der Waals surface area (Å²) < 4.78 is 27.2. The fraction of sp³-hybridized carbons (Fsp3) is 0.250. The Labute approximate surface area is 130 Å². The molecule has 2 aromatic rings. The Morgan fingerprint density at radius 3 is 2.33 bits per heavy atom. The van der Waals surface area contributed by atoms with Gasteiger partial charge in [-0.25, -0.2) is 8.42 Å². The van der Waals surface area contributed by atoms with E-state index in [1.165, 1.54) is 0 Å². The van der Waals surface area contributed by atoms with E-state index in [1.807, 2.05) is 30.3 Å². The third-order valence-electron chi connectivity index (χ3n) is 3.81. The third-order valence-corrected chi connectivity index (χ3v) is 5.98. The van der Waals surface area contributed by atoms with Crippen LogP contribution >= 0.6 is 11.6 Å². The molecule has 0 bridgehead atoms. The molecule has 1 heterocycles. The van der Waals surface area contributed by atoms with Crippen LogP contribution in [0.5, 0.6) is 0 Å². The first-order valence-electron chi connectivity index (χ1n) is 6.91. The quantitative estimate of drug-likeness (QED) is 0.860. The van der Waals surface area contributed by atoms with Gasteiger partial charge in [0.25, 0.3) is 0 Å². The van der Waals surface area contributed by atoms with Crippen LogP contribution in [0.15, 0.2) is 59.5 Å². The highest BCUT2D eigenvalue weighted by Gasteiger charge is 2.35. The van der Waals surface area contributed by atoms with E-state index in [0.717, 1.165) is 18.4 Å². The molecule has 0 amide bonds. The fourth-order valence-electron chi connectivity index (χ4n) is 2.78. The van der Waals surface area contributed by atoms with E-state index in [0.29, 0.717) is 16.5 Å². The topological polar surface area (TPSA) is 37.4 Å². The Bertz CT molecular complexity index is 714. The van der Waals surface area contributed by atoms with Crippen molar-refractivity contribution in [2.24, 2.45) is 0 Å². The lowest BCUT2D eigenvalue weighted by Gasteiger charge is -2.24. The van der Waals surface area contributed by atoms with E-state index >= 15 is 0 Å². The van der Waals surface area contributed by atoms with Crippen molar-refractivity contribution in [3.63, 3.8) is 0 Å². The predicted octanol–water partition coefficient (Wildman–Crippen LogP) is 3.87. The van der Waals surface area contributed by atoms with Crippen LogP contribution in [-0.4, -0.2) is 19.3 Å². The molecule has 1 aliphatic rings. The maximum atomic E-state index is 12.8. The van der Waals surface area contributed by atoms with Crippen molar-refractivity contribution >= 4 is 21.6 Å². The molecule has 0 N–H and O–H groups in total. The second kappa shape index (κ2) is 5.79. The Morgan fingerprint density at radius 2 is 1.67 bits per heavy atom. The van der Waals surface area contributed by atoms with Gasteiger partial charge in [0, 0.05) is 11.6 Å². The van der Waals surface area contributed by atoms with Crippen LogP contribution in [0.3, 0.4) is 0 Å². The summed E-state index contributed by atoms with van der Waals surface area (Å²) in [6.45, 7) is 0.560. The van der Waals surface area contributed by atoms with Crippen molar-refractivity contribution in [2.75, 3.05) is 6.54 Å². The molecule has 3 nitrogen and oxygen atoms in total. The highest BCUT2D eigenvalue weighted by Crippen LogP contribution is 2.36. The summed E-state index contributed by atoms with van der Waals surface area (Å²) in [5, 5.41) is 0.537. The van der Waals surface area contributed by atoms with Gasteiger partial charge in [-0.1, -0.05) is 41.9 Å². The van der Waals surface area contributed by atoms with Crippen molar-refractivity contribution in [1.82, 2.24) is 4.31 Å². The molecule has 0 radical (unpaired) electrons. The molecular weight excluding hydrogens is 306 g/mol. The normalized spacial score (nSPS) is 19.8. The average Bonchev–Trinajstić information content (AvgIpc) is 2.99. The smallest absolute Gasteiger partial charge is 0.207 e. The predicted molar refractivity (Wildman–Crippen MR) is 83.8 cm³/mol. The molecule has 0 aromatic heterocycles. The molecule has 110 valence electrons. The Morgan fingerprint density at radius 1 is 1.00 bits per heavy atom. The van der Waals surface area contributed by atoms with E-state index in [1.54, 1.807) is 28.6 Å².